The van der Waals surface area contributed by atoms with E-state index in [1.165, 1.54) is 57.4 Å². The van der Waals surface area contributed by atoms with Crippen LogP contribution in [0.15, 0.2) is 12.5 Å². The van der Waals surface area contributed by atoms with Gasteiger partial charge in [-0.3, -0.25) is 0 Å². The molecule has 1 aliphatic heterocycles. The summed E-state index contributed by atoms with van der Waals surface area (Å²) in [5.41, 5.74) is 1.47. The van der Waals surface area contributed by atoms with Crippen LogP contribution in [0.2, 0.25) is 0 Å². The number of piperidine rings is 1. The number of imidazole rings is 1. The monoisotopic (exact) mass is 219 g/mol. The Balaban J connectivity index is 1.54. The molecule has 88 valence electrons. The number of likely N-dealkylation sites (tertiary alicyclic amines) is 1. The highest BCUT2D eigenvalue weighted by atomic mass is 15.2. The molecule has 0 unspecified atom stereocenters. The Morgan fingerprint density at radius 1 is 1.12 bits per heavy atom. The molecule has 1 aromatic heterocycles. The van der Waals surface area contributed by atoms with Crippen molar-refractivity contribution in [2.75, 3.05) is 19.6 Å². The van der Waals surface area contributed by atoms with Gasteiger partial charge in [0, 0.05) is 30.9 Å². The van der Waals surface area contributed by atoms with Crippen LogP contribution >= 0.6 is 0 Å². The minimum absolute atomic E-state index is 0.823. The Hall–Kier alpha value is -0.830. The zero-order valence-electron chi connectivity index (χ0n) is 9.94. The standard InChI is InChI=1S/C13H21N3/c1-2-6-15(7-3-1)8-9-16-11-14-10-13(16)12-4-5-12/h10-12H,1-9H2. The second-order valence-corrected chi connectivity index (χ2v) is 5.19. The van der Waals surface area contributed by atoms with E-state index >= 15 is 0 Å². The van der Waals surface area contributed by atoms with E-state index in [1.54, 1.807) is 0 Å². The highest BCUT2D eigenvalue weighted by Gasteiger charge is 2.26. The molecule has 3 rings (SSSR count). The second kappa shape index (κ2) is 4.58. The quantitative estimate of drug-likeness (QED) is 0.774. The minimum atomic E-state index is 0.823. The van der Waals surface area contributed by atoms with Gasteiger partial charge in [-0.15, -0.1) is 0 Å². The molecule has 1 aliphatic carbocycles. The first-order valence-corrected chi connectivity index (χ1v) is 6.66. The van der Waals surface area contributed by atoms with E-state index in [0.717, 1.165) is 12.5 Å². The number of aromatic nitrogens is 2. The van der Waals surface area contributed by atoms with Crippen molar-refractivity contribution < 1.29 is 0 Å². The smallest absolute Gasteiger partial charge is 0.0948 e. The van der Waals surface area contributed by atoms with Crippen molar-refractivity contribution in [1.29, 1.82) is 0 Å². The fourth-order valence-electron chi connectivity index (χ4n) is 2.67. The van der Waals surface area contributed by atoms with Gasteiger partial charge in [0.25, 0.3) is 0 Å². The molecular formula is C13H21N3. The van der Waals surface area contributed by atoms with Gasteiger partial charge in [-0.05, 0) is 38.8 Å². The van der Waals surface area contributed by atoms with Crippen molar-refractivity contribution in [2.45, 2.75) is 44.6 Å². The van der Waals surface area contributed by atoms with Crippen molar-refractivity contribution in [3.05, 3.63) is 18.2 Å². The lowest BCUT2D eigenvalue weighted by Gasteiger charge is -2.26. The lowest BCUT2D eigenvalue weighted by atomic mass is 10.1. The van der Waals surface area contributed by atoms with Crippen LogP contribution in [0, 0.1) is 0 Å². The summed E-state index contributed by atoms with van der Waals surface area (Å²) < 4.78 is 2.37. The Kier molecular flexibility index (Phi) is 2.96. The minimum Gasteiger partial charge on any atom is -0.333 e. The predicted octanol–water partition coefficient (Wildman–Crippen LogP) is 2.25. The first kappa shape index (κ1) is 10.3. The molecule has 0 aromatic carbocycles. The summed E-state index contributed by atoms with van der Waals surface area (Å²) in [5, 5.41) is 0. The molecule has 3 nitrogen and oxygen atoms in total. The van der Waals surface area contributed by atoms with E-state index in [0.29, 0.717) is 0 Å². The molecule has 3 heteroatoms. The SMILES string of the molecule is c1ncn(CCN2CCCCC2)c1C1CC1. The van der Waals surface area contributed by atoms with Crippen LogP contribution in [0.5, 0.6) is 0 Å². The Morgan fingerprint density at radius 3 is 2.69 bits per heavy atom. The summed E-state index contributed by atoms with van der Waals surface area (Å²) in [4.78, 5) is 6.89. The largest absolute Gasteiger partial charge is 0.333 e. The molecule has 0 spiro atoms. The van der Waals surface area contributed by atoms with E-state index in [4.69, 9.17) is 0 Å². The lowest BCUT2D eigenvalue weighted by molar-refractivity contribution is 0.220. The molecule has 0 bridgehead atoms. The third kappa shape index (κ3) is 2.29. The molecule has 0 amide bonds. The molecule has 2 fully saturated rings. The molecule has 2 aliphatic rings. The Bertz CT molecular complexity index is 335. The van der Waals surface area contributed by atoms with Gasteiger partial charge in [0.15, 0.2) is 0 Å². The molecule has 1 aromatic rings. The average molecular weight is 219 g/mol. The predicted molar refractivity (Wildman–Crippen MR) is 64.5 cm³/mol. The zero-order chi connectivity index (χ0) is 10.8. The maximum atomic E-state index is 4.29. The van der Waals surface area contributed by atoms with Crippen LogP contribution in [0.1, 0.15) is 43.7 Å². The van der Waals surface area contributed by atoms with Crippen molar-refractivity contribution >= 4 is 0 Å². The van der Waals surface area contributed by atoms with Gasteiger partial charge < -0.3 is 9.47 Å². The summed E-state index contributed by atoms with van der Waals surface area (Å²) in [6.07, 6.45) is 11.0. The van der Waals surface area contributed by atoms with E-state index in [-0.39, 0.29) is 0 Å². The topological polar surface area (TPSA) is 21.1 Å². The molecule has 1 saturated heterocycles. The number of nitrogens with zero attached hydrogens (tertiary/aromatic N) is 3. The number of hydrogen-bond acceptors (Lipinski definition) is 2. The van der Waals surface area contributed by atoms with E-state index in [2.05, 4.69) is 20.6 Å². The summed E-state index contributed by atoms with van der Waals surface area (Å²) in [5.74, 6) is 0.823. The van der Waals surface area contributed by atoms with E-state index in [9.17, 15) is 0 Å². The molecule has 2 heterocycles. The fourth-order valence-corrected chi connectivity index (χ4v) is 2.67. The molecule has 0 N–H and O–H groups in total. The van der Waals surface area contributed by atoms with Gasteiger partial charge in [-0.2, -0.15) is 0 Å². The van der Waals surface area contributed by atoms with Crippen molar-refractivity contribution in [3.8, 4) is 0 Å². The van der Waals surface area contributed by atoms with Gasteiger partial charge >= 0.3 is 0 Å². The maximum Gasteiger partial charge on any atom is 0.0948 e. The fraction of sp³-hybridized carbons (Fsp3) is 0.769. The van der Waals surface area contributed by atoms with Crippen LogP contribution in [-0.2, 0) is 6.54 Å². The molecular weight excluding hydrogens is 198 g/mol. The lowest BCUT2D eigenvalue weighted by Crippen LogP contribution is -2.32. The van der Waals surface area contributed by atoms with Crippen LogP contribution in [0.3, 0.4) is 0 Å². The zero-order valence-corrected chi connectivity index (χ0v) is 9.94. The number of rotatable bonds is 4. The van der Waals surface area contributed by atoms with Crippen LogP contribution in [0.25, 0.3) is 0 Å². The third-order valence-corrected chi connectivity index (χ3v) is 3.85. The highest BCUT2D eigenvalue weighted by molar-refractivity contribution is 5.12. The van der Waals surface area contributed by atoms with Crippen molar-refractivity contribution in [1.82, 2.24) is 14.5 Å². The summed E-state index contributed by atoms with van der Waals surface area (Å²) in [6.45, 7) is 4.93. The summed E-state index contributed by atoms with van der Waals surface area (Å²) in [7, 11) is 0. The molecule has 16 heavy (non-hydrogen) atoms. The molecule has 0 radical (unpaired) electrons. The van der Waals surface area contributed by atoms with Gasteiger partial charge in [-0.1, -0.05) is 6.42 Å². The van der Waals surface area contributed by atoms with Crippen LogP contribution in [0.4, 0.5) is 0 Å². The van der Waals surface area contributed by atoms with Crippen LogP contribution in [-0.4, -0.2) is 34.1 Å². The highest BCUT2D eigenvalue weighted by Crippen LogP contribution is 2.39. The van der Waals surface area contributed by atoms with E-state index in [1.807, 2.05) is 6.33 Å². The third-order valence-electron chi connectivity index (χ3n) is 3.85. The van der Waals surface area contributed by atoms with Gasteiger partial charge in [-0.25, -0.2) is 4.98 Å². The maximum absolute atomic E-state index is 4.29. The van der Waals surface area contributed by atoms with Crippen molar-refractivity contribution in [2.24, 2.45) is 0 Å². The van der Waals surface area contributed by atoms with Crippen molar-refractivity contribution in [3.63, 3.8) is 0 Å². The van der Waals surface area contributed by atoms with E-state index < -0.39 is 0 Å². The van der Waals surface area contributed by atoms with Crippen LogP contribution < -0.4 is 0 Å². The summed E-state index contributed by atoms with van der Waals surface area (Å²) in [6, 6.07) is 0. The summed E-state index contributed by atoms with van der Waals surface area (Å²) >= 11 is 0. The molecule has 0 atom stereocenters. The Morgan fingerprint density at radius 2 is 1.94 bits per heavy atom. The Labute approximate surface area is 97.5 Å². The normalized spacial score (nSPS) is 22.5. The van der Waals surface area contributed by atoms with Gasteiger partial charge in [0.05, 0.1) is 6.33 Å². The first-order valence-electron chi connectivity index (χ1n) is 6.66. The second-order valence-electron chi connectivity index (χ2n) is 5.19. The number of hydrogen-bond donors (Lipinski definition) is 0. The molecule has 1 saturated carbocycles. The average Bonchev–Trinajstić information content (AvgIpc) is 3.07. The van der Waals surface area contributed by atoms with Gasteiger partial charge in [0.2, 0.25) is 0 Å². The van der Waals surface area contributed by atoms with Gasteiger partial charge in [0.1, 0.15) is 0 Å². The first-order chi connectivity index (χ1) is 7.93.